The lowest BCUT2D eigenvalue weighted by atomic mass is 9.84. The fourth-order valence-electron chi connectivity index (χ4n) is 3.43. The molecule has 1 aromatic heterocycles. The molecule has 21 heavy (non-hydrogen) atoms. The lowest BCUT2D eigenvalue weighted by Gasteiger charge is -2.53. The van der Waals surface area contributed by atoms with Crippen LogP contribution in [-0.4, -0.2) is 55.0 Å². The van der Waals surface area contributed by atoms with E-state index in [-0.39, 0.29) is 5.60 Å². The van der Waals surface area contributed by atoms with Gasteiger partial charge in [0.1, 0.15) is 0 Å². The highest BCUT2D eigenvalue weighted by Crippen LogP contribution is 2.36. The molecule has 1 atom stereocenters. The minimum Gasteiger partial charge on any atom is -0.481 e. The minimum atomic E-state index is 0.00747. The molecule has 0 radical (unpaired) electrons. The first-order chi connectivity index (χ1) is 10.2. The molecule has 0 saturated carbocycles. The topological polar surface area (TPSA) is 43.8 Å². The number of nitrogens with zero attached hydrogens (tertiary/aromatic N) is 2. The molecule has 116 valence electrons. The smallest absolute Gasteiger partial charge is 0.217 e. The molecule has 0 amide bonds. The number of hydrogen-bond donors (Lipinski definition) is 0. The third-order valence-electron chi connectivity index (χ3n) is 4.31. The van der Waals surface area contributed by atoms with Crippen LogP contribution in [0.5, 0.6) is 5.88 Å². The van der Waals surface area contributed by atoms with Gasteiger partial charge in [-0.15, -0.1) is 0 Å². The Morgan fingerprint density at radius 3 is 3.10 bits per heavy atom. The van der Waals surface area contributed by atoms with Crippen molar-refractivity contribution in [2.45, 2.75) is 38.0 Å². The van der Waals surface area contributed by atoms with Gasteiger partial charge in [0.2, 0.25) is 5.88 Å². The highest BCUT2D eigenvalue weighted by atomic mass is 16.5. The highest BCUT2D eigenvalue weighted by Gasteiger charge is 2.47. The molecule has 0 aromatic carbocycles. The van der Waals surface area contributed by atoms with E-state index in [2.05, 4.69) is 22.9 Å². The fraction of sp³-hybridized carbons (Fsp3) is 0.688. The third-order valence-corrected chi connectivity index (χ3v) is 4.31. The summed E-state index contributed by atoms with van der Waals surface area (Å²) >= 11 is 0. The van der Waals surface area contributed by atoms with Crippen molar-refractivity contribution < 1.29 is 14.2 Å². The Labute approximate surface area is 126 Å². The van der Waals surface area contributed by atoms with Crippen molar-refractivity contribution in [3.63, 3.8) is 0 Å². The first-order valence-corrected chi connectivity index (χ1v) is 7.70. The summed E-state index contributed by atoms with van der Waals surface area (Å²) in [6.07, 6.45) is 4.16. The van der Waals surface area contributed by atoms with E-state index in [0.717, 1.165) is 57.1 Å². The maximum atomic E-state index is 6.03. The summed E-state index contributed by atoms with van der Waals surface area (Å²) in [5.41, 5.74) is 1.14. The Morgan fingerprint density at radius 1 is 1.48 bits per heavy atom. The molecule has 2 fully saturated rings. The zero-order chi connectivity index (χ0) is 14.7. The van der Waals surface area contributed by atoms with Crippen LogP contribution in [0.2, 0.25) is 0 Å². The van der Waals surface area contributed by atoms with Crippen molar-refractivity contribution in [2.24, 2.45) is 0 Å². The average Bonchev–Trinajstić information content (AvgIpc) is 2.47. The van der Waals surface area contributed by atoms with Crippen LogP contribution in [0.15, 0.2) is 18.3 Å². The number of hydrogen-bond acceptors (Lipinski definition) is 5. The quantitative estimate of drug-likeness (QED) is 0.829. The average molecular weight is 292 g/mol. The number of aromatic nitrogens is 1. The van der Waals surface area contributed by atoms with E-state index in [1.165, 1.54) is 0 Å². The van der Waals surface area contributed by atoms with E-state index in [1.807, 2.05) is 6.07 Å². The zero-order valence-corrected chi connectivity index (χ0v) is 12.9. The van der Waals surface area contributed by atoms with Crippen molar-refractivity contribution >= 4 is 0 Å². The molecule has 0 unspecified atom stereocenters. The second kappa shape index (κ2) is 6.30. The maximum absolute atomic E-state index is 6.03. The van der Waals surface area contributed by atoms with Crippen molar-refractivity contribution in [1.82, 2.24) is 9.88 Å². The van der Waals surface area contributed by atoms with Crippen LogP contribution in [-0.2, 0) is 16.0 Å². The first kappa shape index (κ1) is 14.8. The number of pyridine rings is 1. The van der Waals surface area contributed by atoms with Crippen molar-refractivity contribution in [3.05, 3.63) is 23.9 Å². The molecule has 5 heteroatoms. The monoisotopic (exact) mass is 292 g/mol. The number of methoxy groups -OCH3 is 1. The van der Waals surface area contributed by atoms with Gasteiger partial charge in [-0.2, -0.15) is 0 Å². The summed E-state index contributed by atoms with van der Waals surface area (Å²) in [7, 11) is 1.67. The maximum Gasteiger partial charge on any atom is 0.217 e. The van der Waals surface area contributed by atoms with Gasteiger partial charge < -0.3 is 14.2 Å². The van der Waals surface area contributed by atoms with E-state index in [9.17, 15) is 0 Å². The van der Waals surface area contributed by atoms with E-state index in [1.54, 1.807) is 13.3 Å². The summed E-state index contributed by atoms with van der Waals surface area (Å²) in [5.74, 6) is 0.718. The highest BCUT2D eigenvalue weighted by molar-refractivity contribution is 5.25. The van der Waals surface area contributed by atoms with Crippen LogP contribution < -0.4 is 4.74 Å². The molecule has 3 heterocycles. The Morgan fingerprint density at radius 2 is 2.33 bits per heavy atom. The van der Waals surface area contributed by atoms with Crippen molar-refractivity contribution in [1.29, 1.82) is 0 Å². The largest absolute Gasteiger partial charge is 0.481 e. The molecule has 5 nitrogen and oxygen atoms in total. The summed E-state index contributed by atoms with van der Waals surface area (Å²) in [6.45, 7) is 6.46. The number of rotatable bonds is 5. The predicted molar refractivity (Wildman–Crippen MR) is 79.4 cm³/mol. The number of ether oxygens (including phenoxy) is 3. The normalized spacial score (nSPS) is 24.8. The Hall–Kier alpha value is -1.17. The number of likely N-dealkylation sites (tertiary alicyclic amines) is 1. The Bertz CT molecular complexity index is 472. The summed E-state index contributed by atoms with van der Waals surface area (Å²) < 4.78 is 17.1. The van der Waals surface area contributed by atoms with Crippen LogP contribution in [0.25, 0.3) is 0 Å². The Kier molecular flexibility index (Phi) is 4.42. The van der Waals surface area contributed by atoms with Gasteiger partial charge in [-0.1, -0.05) is 6.07 Å². The molecule has 1 aromatic rings. The SMILES string of the molecule is CCO[C@H]1CCOC2(C1)CN(Cc1cccnc1OC)C2. The summed E-state index contributed by atoms with van der Waals surface area (Å²) in [4.78, 5) is 6.63. The van der Waals surface area contributed by atoms with Crippen LogP contribution in [0.1, 0.15) is 25.3 Å². The summed E-state index contributed by atoms with van der Waals surface area (Å²) in [6, 6.07) is 4.02. The van der Waals surface area contributed by atoms with Crippen LogP contribution >= 0.6 is 0 Å². The lowest BCUT2D eigenvalue weighted by molar-refractivity contribution is -0.198. The summed E-state index contributed by atoms with van der Waals surface area (Å²) in [5, 5.41) is 0. The molecule has 2 saturated heterocycles. The molecule has 0 N–H and O–H groups in total. The van der Waals surface area contributed by atoms with Crippen molar-refractivity contribution in [3.8, 4) is 5.88 Å². The molecule has 0 aliphatic carbocycles. The van der Waals surface area contributed by atoms with E-state index < -0.39 is 0 Å². The van der Waals surface area contributed by atoms with Gasteiger partial charge in [0, 0.05) is 51.0 Å². The van der Waals surface area contributed by atoms with Gasteiger partial charge in [0.05, 0.1) is 18.8 Å². The molecule has 0 bridgehead atoms. The lowest BCUT2D eigenvalue weighted by Crippen LogP contribution is -2.65. The van der Waals surface area contributed by atoms with Gasteiger partial charge in [0.15, 0.2) is 0 Å². The first-order valence-electron chi connectivity index (χ1n) is 7.70. The molecule has 2 aliphatic heterocycles. The molecular formula is C16H24N2O3. The molecular weight excluding hydrogens is 268 g/mol. The predicted octanol–water partition coefficient (Wildman–Crippen LogP) is 1.86. The standard InChI is InChI=1S/C16H24N2O3/c1-3-20-14-6-8-21-16(9-14)11-18(12-16)10-13-5-4-7-17-15(13)19-2/h4-5,7,14H,3,6,8-12H2,1-2H3/t14-/m0/s1. The van der Waals surface area contributed by atoms with E-state index in [4.69, 9.17) is 14.2 Å². The van der Waals surface area contributed by atoms with Crippen LogP contribution in [0, 0.1) is 0 Å². The Balaban J connectivity index is 1.55. The van der Waals surface area contributed by atoms with Crippen molar-refractivity contribution in [2.75, 3.05) is 33.4 Å². The second-order valence-electron chi connectivity index (χ2n) is 5.92. The minimum absolute atomic E-state index is 0.00747. The third kappa shape index (κ3) is 3.20. The van der Waals surface area contributed by atoms with Gasteiger partial charge in [0.25, 0.3) is 0 Å². The second-order valence-corrected chi connectivity index (χ2v) is 5.92. The van der Waals surface area contributed by atoms with Gasteiger partial charge >= 0.3 is 0 Å². The molecule has 3 rings (SSSR count). The van der Waals surface area contributed by atoms with Gasteiger partial charge in [-0.25, -0.2) is 4.98 Å². The van der Waals surface area contributed by atoms with E-state index in [0.29, 0.717) is 6.10 Å². The van der Waals surface area contributed by atoms with E-state index >= 15 is 0 Å². The zero-order valence-electron chi connectivity index (χ0n) is 12.9. The van der Waals surface area contributed by atoms with Gasteiger partial charge in [-0.3, -0.25) is 4.90 Å². The van der Waals surface area contributed by atoms with Gasteiger partial charge in [-0.05, 0) is 19.4 Å². The van der Waals surface area contributed by atoms with Crippen LogP contribution in [0.4, 0.5) is 0 Å². The molecule has 1 spiro atoms. The molecule has 2 aliphatic rings. The van der Waals surface area contributed by atoms with Crippen LogP contribution in [0.3, 0.4) is 0 Å². The fourth-order valence-corrected chi connectivity index (χ4v) is 3.43.